The Morgan fingerprint density at radius 1 is 1.39 bits per heavy atom. The second kappa shape index (κ2) is 6.50. The van der Waals surface area contributed by atoms with Crippen LogP contribution in [-0.2, 0) is 9.53 Å². The van der Waals surface area contributed by atoms with Crippen molar-refractivity contribution < 1.29 is 9.53 Å². The molecule has 0 aromatic rings. The zero-order chi connectivity index (χ0) is 13.0. The molecular formula is C13H25N3O2. The van der Waals surface area contributed by atoms with Gasteiger partial charge in [0.25, 0.3) is 0 Å². The van der Waals surface area contributed by atoms with Gasteiger partial charge in [0.05, 0.1) is 19.1 Å². The Kier molecular flexibility index (Phi) is 4.97. The summed E-state index contributed by atoms with van der Waals surface area (Å²) in [6.07, 6.45) is 3.89. The number of likely N-dealkylation sites (tertiary alicyclic amines) is 1. The molecule has 18 heavy (non-hydrogen) atoms. The number of ether oxygens (including phenoxy) is 1. The molecule has 2 saturated heterocycles. The van der Waals surface area contributed by atoms with E-state index in [1.54, 1.807) is 0 Å². The fraction of sp³-hybridized carbons (Fsp3) is 0.923. The van der Waals surface area contributed by atoms with Crippen molar-refractivity contribution in [2.75, 3.05) is 32.8 Å². The van der Waals surface area contributed by atoms with Gasteiger partial charge < -0.3 is 15.8 Å². The predicted octanol–water partition coefficient (Wildman–Crippen LogP) is -0.0493. The van der Waals surface area contributed by atoms with E-state index in [9.17, 15) is 4.79 Å². The van der Waals surface area contributed by atoms with Crippen LogP contribution in [0.5, 0.6) is 0 Å². The highest BCUT2D eigenvalue weighted by molar-refractivity contribution is 5.79. The number of amides is 1. The van der Waals surface area contributed by atoms with E-state index in [4.69, 9.17) is 10.5 Å². The maximum atomic E-state index is 12.0. The number of nitrogens with zero attached hydrogens (tertiary/aromatic N) is 1. The number of rotatable bonds is 4. The van der Waals surface area contributed by atoms with Crippen molar-refractivity contribution in [1.29, 1.82) is 0 Å². The largest absolute Gasteiger partial charge is 0.379 e. The smallest absolute Gasteiger partial charge is 0.227 e. The molecule has 3 unspecified atom stereocenters. The summed E-state index contributed by atoms with van der Waals surface area (Å²) in [5.74, 6) is -0.123. The van der Waals surface area contributed by atoms with E-state index in [0.717, 1.165) is 13.1 Å². The van der Waals surface area contributed by atoms with Crippen molar-refractivity contribution >= 4 is 5.91 Å². The number of nitrogens with two attached hydrogens (primary N) is 1. The van der Waals surface area contributed by atoms with Crippen molar-refractivity contribution in [1.82, 2.24) is 10.2 Å². The molecule has 0 aromatic heterocycles. The van der Waals surface area contributed by atoms with Gasteiger partial charge in [-0.25, -0.2) is 0 Å². The molecule has 104 valence electrons. The topological polar surface area (TPSA) is 67.6 Å². The summed E-state index contributed by atoms with van der Waals surface area (Å²) in [6.45, 7) is 6.16. The van der Waals surface area contributed by atoms with Crippen LogP contribution >= 0.6 is 0 Å². The third kappa shape index (κ3) is 3.43. The lowest BCUT2D eigenvalue weighted by Gasteiger charge is -2.32. The lowest BCUT2D eigenvalue weighted by atomic mass is 10.0. The second-order valence-corrected chi connectivity index (χ2v) is 5.50. The molecule has 5 heteroatoms. The summed E-state index contributed by atoms with van der Waals surface area (Å²) in [5.41, 5.74) is 5.83. The Morgan fingerprint density at radius 3 is 2.72 bits per heavy atom. The summed E-state index contributed by atoms with van der Waals surface area (Å²) in [4.78, 5) is 14.4. The molecule has 0 aliphatic carbocycles. The minimum absolute atomic E-state index is 0.0452. The summed E-state index contributed by atoms with van der Waals surface area (Å²) < 4.78 is 5.22. The number of piperidine rings is 1. The van der Waals surface area contributed by atoms with E-state index in [-0.39, 0.29) is 17.9 Å². The molecule has 0 radical (unpaired) electrons. The summed E-state index contributed by atoms with van der Waals surface area (Å²) in [5, 5.41) is 3.01. The average Bonchev–Trinajstić information content (AvgIpc) is 2.83. The Bertz CT molecular complexity index is 279. The zero-order valence-corrected chi connectivity index (χ0v) is 11.2. The first-order valence-electron chi connectivity index (χ1n) is 7.03. The summed E-state index contributed by atoms with van der Waals surface area (Å²) in [6, 6.07) is 0.267. The minimum atomic E-state index is -0.168. The van der Waals surface area contributed by atoms with Crippen LogP contribution in [0.25, 0.3) is 0 Å². The summed E-state index contributed by atoms with van der Waals surface area (Å²) >= 11 is 0. The van der Waals surface area contributed by atoms with Gasteiger partial charge in [0.15, 0.2) is 0 Å². The highest BCUT2D eigenvalue weighted by atomic mass is 16.5. The second-order valence-electron chi connectivity index (χ2n) is 5.50. The Balaban J connectivity index is 1.71. The van der Waals surface area contributed by atoms with Gasteiger partial charge in [-0.1, -0.05) is 6.42 Å². The van der Waals surface area contributed by atoms with Gasteiger partial charge in [-0.2, -0.15) is 0 Å². The molecule has 1 amide bonds. The number of carbonyl (C=O) groups excluding carboxylic acids is 1. The maximum absolute atomic E-state index is 12.0. The van der Waals surface area contributed by atoms with E-state index >= 15 is 0 Å². The van der Waals surface area contributed by atoms with Gasteiger partial charge in [-0.15, -0.1) is 0 Å². The predicted molar refractivity (Wildman–Crippen MR) is 70.2 cm³/mol. The number of hydrogen-bond acceptors (Lipinski definition) is 4. The van der Waals surface area contributed by atoms with Gasteiger partial charge in [0.2, 0.25) is 5.91 Å². The minimum Gasteiger partial charge on any atom is -0.379 e. The molecule has 2 rings (SSSR count). The van der Waals surface area contributed by atoms with E-state index in [0.29, 0.717) is 25.8 Å². The number of hydrogen-bond donors (Lipinski definition) is 2. The van der Waals surface area contributed by atoms with Crippen LogP contribution < -0.4 is 11.1 Å². The first-order chi connectivity index (χ1) is 8.68. The normalized spacial score (nSPS) is 31.2. The Morgan fingerprint density at radius 2 is 2.11 bits per heavy atom. The zero-order valence-electron chi connectivity index (χ0n) is 11.2. The van der Waals surface area contributed by atoms with E-state index in [1.165, 1.54) is 19.3 Å². The molecular weight excluding hydrogens is 230 g/mol. The molecule has 3 N–H and O–H groups in total. The Hall–Kier alpha value is -0.650. The first-order valence-corrected chi connectivity index (χ1v) is 7.03. The molecule has 3 atom stereocenters. The number of carbonyl (C=O) groups is 1. The van der Waals surface area contributed by atoms with Crippen LogP contribution in [0, 0.1) is 5.92 Å². The van der Waals surface area contributed by atoms with Crippen LogP contribution in [0.4, 0.5) is 0 Å². The van der Waals surface area contributed by atoms with Crippen LogP contribution in [0.3, 0.4) is 0 Å². The van der Waals surface area contributed by atoms with Gasteiger partial charge in [-0.3, -0.25) is 9.69 Å². The molecule has 2 heterocycles. The third-order valence-electron chi connectivity index (χ3n) is 4.05. The average molecular weight is 255 g/mol. The lowest BCUT2D eigenvalue weighted by Crippen LogP contribution is -2.47. The van der Waals surface area contributed by atoms with Crippen molar-refractivity contribution in [3.8, 4) is 0 Å². The highest BCUT2D eigenvalue weighted by Crippen LogP contribution is 2.13. The number of nitrogens with one attached hydrogen (secondary N) is 1. The van der Waals surface area contributed by atoms with Crippen molar-refractivity contribution in [2.45, 2.75) is 38.3 Å². The highest BCUT2D eigenvalue weighted by Gasteiger charge is 2.31. The third-order valence-corrected chi connectivity index (χ3v) is 4.05. The van der Waals surface area contributed by atoms with Crippen LogP contribution in [0.2, 0.25) is 0 Å². The molecule has 5 nitrogen and oxygen atoms in total. The van der Waals surface area contributed by atoms with Crippen molar-refractivity contribution in [3.63, 3.8) is 0 Å². The van der Waals surface area contributed by atoms with E-state index < -0.39 is 0 Å². The quantitative estimate of drug-likeness (QED) is 0.739. The SMILES string of the molecule is CC(CNC(=O)C1COCC1N)N1CCCCC1. The Labute approximate surface area is 109 Å². The molecule has 0 bridgehead atoms. The first kappa shape index (κ1) is 13.8. The van der Waals surface area contributed by atoms with Crippen molar-refractivity contribution in [2.24, 2.45) is 11.7 Å². The molecule has 2 fully saturated rings. The van der Waals surface area contributed by atoms with E-state index in [2.05, 4.69) is 17.1 Å². The standard InChI is InChI=1S/C13H25N3O2/c1-10(16-5-3-2-4-6-16)7-15-13(17)11-8-18-9-12(11)14/h10-12H,2-9,14H2,1H3,(H,15,17). The lowest BCUT2D eigenvalue weighted by molar-refractivity contribution is -0.125. The molecule has 0 aromatic carbocycles. The monoisotopic (exact) mass is 255 g/mol. The van der Waals surface area contributed by atoms with Gasteiger partial charge in [0, 0.05) is 18.6 Å². The van der Waals surface area contributed by atoms with E-state index in [1.807, 2.05) is 0 Å². The molecule has 0 saturated carbocycles. The van der Waals surface area contributed by atoms with Crippen LogP contribution in [0.1, 0.15) is 26.2 Å². The van der Waals surface area contributed by atoms with Crippen LogP contribution in [-0.4, -0.2) is 55.7 Å². The summed E-state index contributed by atoms with van der Waals surface area (Å²) in [7, 11) is 0. The fourth-order valence-corrected chi connectivity index (χ4v) is 2.71. The fourth-order valence-electron chi connectivity index (χ4n) is 2.71. The van der Waals surface area contributed by atoms with Crippen LogP contribution in [0.15, 0.2) is 0 Å². The maximum Gasteiger partial charge on any atom is 0.227 e. The molecule has 2 aliphatic heterocycles. The molecule has 0 spiro atoms. The van der Waals surface area contributed by atoms with Crippen molar-refractivity contribution in [3.05, 3.63) is 0 Å². The van der Waals surface area contributed by atoms with Gasteiger partial charge in [0.1, 0.15) is 0 Å². The van der Waals surface area contributed by atoms with Gasteiger partial charge >= 0.3 is 0 Å². The molecule has 2 aliphatic rings. The van der Waals surface area contributed by atoms with Gasteiger partial charge in [-0.05, 0) is 32.9 Å².